The van der Waals surface area contributed by atoms with E-state index in [0.717, 1.165) is 36.3 Å². The molecule has 0 atom stereocenters. The number of ether oxygens (including phenoxy) is 1. The van der Waals surface area contributed by atoms with Gasteiger partial charge in [-0.2, -0.15) is 0 Å². The van der Waals surface area contributed by atoms with Crippen molar-refractivity contribution in [1.82, 2.24) is 4.57 Å². The van der Waals surface area contributed by atoms with Crippen molar-refractivity contribution in [2.75, 3.05) is 6.61 Å². The van der Waals surface area contributed by atoms with E-state index in [-0.39, 0.29) is 17.2 Å². The molecule has 22 heavy (non-hydrogen) atoms. The lowest BCUT2D eigenvalue weighted by atomic mass is 10.1. The number of benzene rings is 1. The van der Waals surface area contributed by atoms with Crippen molar-refractivity contribution in [2.45, 2.75) is 32.2 Å². The van der Waals surface area contributed by atoms with E-state index in [1.54, 1.807) is 10.6 Å². The molecule has 0 bridgehead atoms. The van der Waals surface area contributed by atoms with E-state index in [1.165, 1.54) is 0 Å². The molecule has 1 saturated carbocycles. The normalized spacial score (nSPS) is 13.9. The molecule has 1 fully saturated rings. The molecule has 1 aliphatic carbocycles. The molecule has 0 radical (unpaired) electrons. The van der Waals surface area contributed by atoms with Crippen LogP contribution in [0.1, 0.15) is 42.6 Å². The van der Waals surface area contributed by atoms with Crippen LogP contribution in [0.15, 0.2) is 41.2 Å². The van der Waals surface area contributed by atoms with Crippen molar-refractivity contribution in [3.63, 3.8) is 0 Å². The van der Waals surface area contributed by atoms with E-state index in [1.807, 2.05) is 30.3 Å². The van der Waals surface area contributed by atoms with Crippen LogP contribution in [-0.2, 0) is 0 Å². The molecule has 0 amide bonds. The number of pyridine rings is 1. The van der Waals surface area contributed by atoms with Crippen LogP contribution in [0.2, 0.25) is 0 Å². The number of nitrogens with zero attached hydrogens (tertiary/aromatic N) is 1. The zero-order chi connectivity index (χ0) is 15.5. The largest absolute Gasteiger partial charge is 0.493 e. The number of aldehydes is 1. The summed E-state index contributed by atoms with van der Waals surface area (Å²) in [6.07, 6.45) is 3.51. The molecule has 4 heteroatoms. The van der Waals surface area contributed by atoms with Crippen molar-refractivity contribution in [1.29, 1.82) is 0 Å². The molecule has 0 aliphatic heterocycles. The zero-order valence-corrected chi connectivity index (χ0v) is 12.6. The van der Waals surface area contributed by atoms with Crippen molar-refractivity contribution >= 4 is 6.29 Å². The molecular formula is C18H19NO3. The monoisotopic (exact) mass is 297 g/mol. The van der Waals surface area contributed by atoms with Crippen molar-refractivity contribution in [2.24, 2.45) is 0 Å². The third-order valence-corrected chi connectivity index (χ3v) is 3.81. The van der Waals surface area contributed by atoms with Gasteiger partial charge in [0.25, 0.3) is 5.56 Å². The summed E-state index contributed by atoms with van der Waals surface area (Å²) in [4.78, 5) is 23.5. The molecule has 1 aliphatic rings. The van der Waals surface area contributed by atoms with E-state index in [9.17, 15) is 9.59 Å². The fraction of sp³-hybridized carbons (Fsp3) is 0.333. The average Bonchev–Trinajstić information content (AvgIpc) is 3.37. The Morgan fingerprint density at radius 3 is 2.68 bits per heavy atom. The molecule has 1 heterocycles. The van der Waals surface area contributed by atoms with Gasteiger partial charge >= 0.3 is 0 Å². The minimum atomic E-state index is -0.208. The molecule has 1 aromatic carbocycles. The summed E-state index contributed by atoms with van der Waals surface area (Å²) in [5.74, 6) is 0.775. The molecule has 0 spiro atoms. The smallest absolute Gasteiger partial charge is 0.261 e. The van der Waals surface area contributed by atoms with Crippen molar-refractivity contribution in [3.05, 3.63) is 52.3 Å². The lowest BCUT2D eigenvalue weighted by Crippen LogP contribution is -2.24. The third-order valence-electron chi connectivity index (χ3n) is 3.81. The standard InChI is InChI=1S/C18H19NO3/c1-2-11-22-17-6-4-3-5-15(17)16-10-7-13(12-20)18(21)19(16)14-8-9-14/h3-7,10,12,14H,2,8-9,11H2,1H3. The van der Waals surface area contributed by atoms with Gasteiger partial charge in [-0.25, -0.2) is 0 Å². The quantitative estimate of drug-likeness (QED) is 0.767. The topological polar surface area (TPSA) is 48.3 Å². The summed E-state index contributed by atoms with van der Waals surface area (Å²) in [7, 11) is 0. The Balaban J connectivity index is 2.14. The Kier molecular flexibility index (Phi) is 4.09. The van der Waals surface area contributed by atoms with Gasteiger partial charge in [0.2, 0.25) is 0 Å². The Bertz CT molecular complexity index is 744. The predicted molar refractivity (Wildman–Crippen MR) is 85.6 cm³/mol. The molecule has 0 saturated heterocycles. The second-order valence-electron chi connectivity index (χ2n) is 5.54. The zero-order valence-electron chi connectivity index (χ0n) is 12.6. The SMILES string of the molecule is CCCOc1ccccc1-c1ccc(C=O)c(=O)n1C1CC1. The maximum Gasteiger partial charge on any atom is 0.261 e. The number of para-hydroxylation sites is 1. The first kappa shape index (κ1) is 14.6. The van der Waals surface area contributed by atoms with Gasteiger partial charge < -0.3 is 9.30 Å². The average molecular weight is 297 g/mol. The van der Waals surface area contributed by atoms with Gasteiger partial charge in [-0.1, -0.05) is 19.1 Å². The summed E-state index contributed by atoms with van der Waals surface area (Å²) >= 11 is 0. The minimum Gasteiger partial charge on any atom is -0.493 e. The van der Waals surface area contributed by atoms with Crippen LogP contribution >= 0.6 is 0 Å². The first-order valence-corrected chi connectivity index (χ1v) is 7.69. The van der Waals surface area contributed by atoms with Crippen LogP contribution < -0.4 is 10.3 Å². The third kappa shape index (κ3) is 2.69. The number of hydrogen-bond acceptors (Lipinski definition) is 3. The molecule has 0 unspecified atom stereocenters. The van der Waals surface area contributed by atoms with Gasteiger partial charge in [0.15, 0.2) is 6.29 Å². The van der Waals surface area contributed by atoms with Gasteiger partial charge in [0.1, 0.15) is 5.75 Å². The second kappa shape index (κ2) is 6.18. The lowest BCUT2D eigenvalue weighted by Gasteiger charge is -2.16. The molecule has 3 rings (SSSR count). The molecule has 114 valence electrons. The van der Waals surface area contributed by atoms with Crippen LogP contribution in [0.3, 0.4) is 0 Å². The van der Waals surface area contributed by atoms with E-state index in [4.69, 9.17) is 4.74 Å². The molecule has 1 aromatic heterocycles. The highest BCUT2D eigenvalue weighted by Crippen LogP contribution is 2.39. The van der Waals surface area contributed by atoms with Gasteiger partial charge in [-0.3, -0.25) is 9.59 Å². The molecular weight excluding hydrogens is 278 g/mol. The van der Waals surface area contributed by atoms with Crippen LogP contribution in [0.25, 0.3) is 11.3 Å². The highest BCUT2D eigenvalue weighted by Gasteiger charge is 2.28. The van der Waals surface area contributed by atoms with Crippen LogP contribution in [0.5, 0.6) is 5.75 Å². The van der Waals surface area contributed by atoms with E-state index in [0.29, 0.717) is 12.9 Å². The van der Waals surface area contributed by atoms with E-state index >= 15 is 0 Å². The summed E-state index contributed by atoms with van der Waals surface area (Å²) in [6, 6.07) is 11.4. The fourth-order valence-electron chi connectivity index (χ4n) is 2.59. The van der Waals surface area contributed by atoms with Crippen LogP contribution in [-0.4, -0.2) is 17.5 Å². The molecule has 2 aromatic rings. The maximum atomic E-state index is 12.5. The Morgan fingerprint density at radius 1 is 1.23 bits per heavy atom. The Labute approximate surface area is 129 Å². The first-order valence-electron chi connectivity index (χ1n) is 7.69. The summed E-state index contributed by atoms with van der Waals surface area (Å²) in [6.45, 7) is 2.69. The number of hydrogen-bond donors (Lipinski definition) is 0. The van der Waals surface area contributed by atoms with Gasteiger partial charge in [0.05, 0.1) is 17.9 Å². The number of rotatable bonds is 6. The number of carbonyl (C=O) groups excluding carboxylic acids is 1. The first-order chi connectivity index (χ1) is 10.8. The van der Waals surface area contributed by atoms with Crippen LogP contribution in [0.4, 0.5) is 0 Å². The highest BCUT2D eigenvalue weighted by molar-refractivity contribution is 5.76. The Morgan fingerprint density at radius 2 is 2.00 bits per heavy atom. The number of aromatic nitrogens is 1. The van der Waals surface area contributed by atoms with Crippen LogP contribution in [0, 0.1) is 0 Å². The Hall–Kier alpha value is -2.36. The predicted octanol–water partition coefficient (Wildman–Crippen LogP) is 3.45. The number of carbonyl (C=O) groups is 1. The van der Waals surface area contributed by atoms with Crippen molar-refractivity contribution in [3.8, 4) is 17.0 Å². The maximum absolute atomic E-state index is 12.5. The van der Waals surface area contributed by atoms with Crippen molar-refractivity contribution < 1.29 is 9.53 Å². The lowest BCUT2D eigenvalue weighted by molar-refractivity contribution is 0.112. The summed E-state index contributed by atoms with van der Waals surface area (Å²) in [5, 5.41) is 0. The fourth-order valence-corrected chi connectivity index (χ4v) is 2.59. The molecule has 4 nitrogen and oxygen atoms in total. The highest BCUT2D eigenvalue weighted by atomic mass is 16.5. The molecule has 0 N–H and O–H groups in total. The van der Waals surface area contributed by atoms with Gasteiger partial charge in [0, 0.05) is 11.6 Å². The second-order valence-corrected chi connectivity index (χ2v) is 5.54. The minimum absolute atomic E-state index is 0.196. The van der Waals surface area contributed by atoms with Gasteiger partial charge in [-0.15, -0.1) is 0 Å². The van der Waals surface area contributed by atoms with E-state index < -0.39 is 0 Å². The summed E-state index contributed by atoms with van der Waals surface area (Å²) in [5.41, 5.74) is 1.73. The summed E-state index contributed by atoms with van der Waals surface area (Å²) < 4.78 is 7.56. The van der Waals surface area contributed by atoms with Gasteiger partial charge in [-0.05, 0) is 43.5 Å². The van der Waals surface area contributed by atoms with E-state index in [2.05, 4.69) is 6.92 Å².